The van der Waals surface area contributed by atoms with Gasteiger partial charge in [-0.1, -0.05) is 6.92 Å². The van der Waals surface area contributed by atoms with Crippen LogP contribution in [0.25, 0.3) is 0 Å². The lowest BCUT2D eigenvalue weighted by atomic mass is 9.98. The molecule has 5 nitrogen and oxygen atoms in total. The number of carbonyl (C=O) groups is 1. The van der Waals surface area contributed by atoms with Gasteiger partial charge in [-0.2, -0.15) is 0 Å². The summed E-state index contributed by atoms with van der Waals surface area (Å²) in [6, 6.07) is -0.533. The molecular formula is C9H17NO4. The van der Waals surface area contributed by atoms with E-state index in [2.05, 4.69) is 0 Å². The SMILES string of the molecule is C[C@H](C(=O)O)[C@@H](N)[C@H]1COC(C)(C)O1. The van der Waals surface area contributed by atoms with E-state index in [0.717, 1.165) is 0 Å². The summed E-state index contributed by atoms with van der Waals surface area (Å²) in [5.41, 5.74) is 5.76. The Bertz CT molecular complexity index is 229. The summed E-state index contributed by atoms with van der Waals surface area (Å²) in [7, 11) is 0. The van der Waals surface area contributed by atoms with Crippen molar-refractivity contribution >= 4 is 5.97 Å². The summed E-state index contributed by atoms with van der Waals surface area (Å²) in [5.74, 6) is -2.19. The van der Waals surface area contributed by atoms with Crippen LogP contribution >= 0.6 is 0 Å². The van der Waals surface area contributed by atoms with Gasteiger partial charge in [0.15, 0.2) is 5.79 Å². The molecule has 0 amide bonds. The molecule has 0 aromatic heterocycles. The second-order valence-corrected chi connectivity index (χ2v) is 4.07. The van der Waals surface area contributed by atoms with Crippen molar-refractivity contribution in [1.29, 1.82) is 0 Å². The Morgan fingerprint density at radius 2 is 2.21 bits per heavy atom. The summed E-state index contributed by atoms with van der Waals surface area (Å²) in [4.78, 5) is 10.7. The number of carboxylic acid groups (broad SMARTS) is 1. The molecule has 1 rings (SSSR count). The van der Waals surface area contributed by atoms with E-state index in [0.29, 0.717) is 6.61 Å². The van der Waals surface area contributed by atoms with Crippen LogP contribution in [-0.4, -0.2) is 35.6 Å². The third kappa shape index (κ3) is 2.43. The van der Waals surface area contributed by atoms with E-state index in [9.17, 15) is 4.79 Å². The smallest absolute Gasteiger partial charge is 0.307 e. The average molecular weight is 203 g/mol. The lowest BCUT2D eigenvalue weighted by molar-refractivity contribution is -0.151. The molecule has 1 fully saturated rings. The summed E-state index contributed by atoms with van der Waals surface area (Å²) < 4.78 is 10.8. The van der Waals surface area contributed by atoms with Crippen molar-refractivity contribution in [3.05, 3.63) is 0 Å². The van der Waals surface area contributed by atoms with E-state index in [-0.39, 0.29) is 6.10 Å². The number of hydrogen-bond acceptors (Lipinski definition) is 4. The fraction of sp³-hybridized carbons (Fsp3) is 0.889. The minimum absolute atomic E-state index is 0.337. The topological polar surface area (TPSA) is 81.8 Å². The molecule has 0 aliphatic carbocycles. The molecule has 3 N–H and O–H groups in total. The van der Waals surface area contributed by atoms with Crippen LogP contribution in [0, 0.1) is 5.92 Å². The number of hydrogen-bond donors (Lipinski definition) is 2. The first-order valence-corrected chi connectivity index (χ1v) is 4.63. The molecule has 0 bridgehead atoms. The zero-order chi connectivity index (χ0) is 10.9. The number of nitrogens with two attached hydrogens (primary N) is 1. The molecule has 1 saturated heterocycles. The van der Waals surface area contributed by atoms with E-state index in [1.807, 2.05) is 0 Å². The molecule has 1 aliphatic heterocycles. The minimum atomic E-state index is -0.911. The van der Waals surface area contributed by atoms with Crippen LogP contribution in [0.3, 0.4) is 0 Å². The van der Waals surface area contributed by atoms with Crippen LogP contribution in [0.4, 0.5) is 0 Å². The Hall–Kier alpha value is -0.650. The number of aliphatic carboxylic acids is 1. The molecule has 82 valence electrons. The highest BCUT2D eigenvalue weighted by molar-refractivity contribution is 5.70. The lowest BCUT2D eigenvalue weighted by Gasteiger charge is -2.23. The molecule has 0 aromatic carbocycles. The van der Waals surface area contributed by atoms with E-state index in [1.54, 1.807) is 20.8 Å². The molecule has 5 heteroatoms. The van der Waals surface area contributed by atoms with Gasteiger partial charge in [0.2, 0.25) is 0 Å². The Labute approximate surface area is 83.2 Å². The first-order chi connectivity index (χ1) is 6.33. The highest BCUT2D eigenvalue weighted by atomic mass is 16.7. The summed E-state index contributed by atoms with van der Waals surface area (Å²) >= 11 is 0. The molecule has 3 atom stereocenters. The number of rotatable bonds is 3. The van der Waals surface area contributed by atoms with Gasteiger partial charge in [-0.15, -0.1) is 0 Å². The molecule has 0 radical (unpaired) electrons. The van der Waals surface area contributed by atoms with Crippen LogP contribution in [0.15, 0.2) is 0 Å². The molecule has 0 spiro atoms. The average Bonchev–Trinajstić information content (AvgIpc) is 2.43. The fourth-order valence-corrected chi connectivity index (χ4v) is 1.39. The molecule has 0 saturated carbocycles. The van der Waals surface area contributed by atoms with Crippen molar-refractivity contribution in [1.82, 2.24) is 0 Å². The third-order valence-electron chi connectivity index (χ3n) is 2.43. The minimum Gasteiger partial charge on any atom is -0.481 e. The molecule has 0 unspecified atom stereocenters. The van der Waals surface area contributed by atoms with Crippen LogP contribution in [0.5, 0.6) is 0 Å². The zero-order valence-electron chi connectivity index (χ0n) is 8.69. The van der Waals surface area contributed by atoms with E-state index < -0.39 is 23.7 Å². The summed E-state index contributed by atoms with van der Waals surface area (Å²) in [6.45, 7) is 5.49. The lowest BCUT2D eigenvalue weighted by Crippen LogP contribution is -2.45. The predicted molar refractivity (Wildman–Crippen MR) is 49.7 cm³/mol. The highest BCUT2D eigenvalue weighted by Gasteiger charge is 2.39. The zero-order valence-corrected chi connectivity index (χ0v) is 8.69. The Balaban J connectivity index is 2.55. The van der Waals surface area contributed by atoms with Crippen LogP contribution < -0.4 is 5.73 Å². The van der Waals surface area contributed by atoms with E-state index in [1.165, 1.54) is 0 Å². The Morgan fingerprint density at radius 1 is 1.64 bits per heavy atom. The van der Waals surface area contributed by atoms with Gasteiger partial charge in [0.05, 0.1) is 12.5 Å². The maximum Gasteiger partial charge on any atom is 0.307 e. The van der Waals surface area contributed by atoms with E-state index in [4.69, 9.17) is 20.3 Å². The summed E-state index contributed by atoms with van der Waals surface area (Å²) in [5, 5.41) is 8.77. The largest absolute Gasteiger partial charge is 0.481 e. The van der Waals surface area contributed by atoms with Crippen molar-refractivity contribution in [2.24, 2.45) is 11.7 Å². The highest BCUT2D eigenvalue weighted by Crippen LogP contribution is 2.25. The Morgan fingerprint density at radius 3 is 2.57 bits per heavy atom. The van der Waals surface area contributed by atoms with Gasteiger partial charge >= 0.3 is 5.97 Å². The second-order valence-electron chi connectivity index (χ2n) is 4.07. The van der Waals surface area contributed by atoms with Crippen molar-refractivity contribution in [2.75, 3.05) is 6.61 Å². The predicted octanol–water partition coefficient (Wildman–Crippen LogP) is 0.186. The summed E-state index contributed by atoms with van der Waals surface area (Å²) in [6.07, 6.45) is -0.337. The van der Waals surface area contributed by atoms with Gasteiger partial charge in [0.1, 0.15) is 6.10 Å². The number of carboxylic acids is 1. The third-order valence-corrected chi connectivity index (χ3v) is 2.43. The van der Waals surface area contributed by atoms with Gasteiger partial charge in [-0.05, 0) is 13.8 Å². The van der Waals surface area contributed by atoms with Crippen molar-refractivity contribution in [3.8, 4) is 0 Å². The van der Waals surface area contributed by atoms with Gasteiger partial charge in [0, 0.05) is 6.04 Å². The number of ether oxygens (including phenoxy) is 2. The molecular weight excluding hydrogens is 186 g/mol. The fourth-order valence-electron chi connectivity index (χ4n) is 1.39. The maximum absolute atomic E-state index is 10.7. The first-order valence-electron chi connectivity index (χ1n) is 4.63. The van der Waals surface area contributed by atoms with Crippen LogP contribution in [-0.2, 0) is 14.3 Å². The molecule has 1 aliphatic rings. The van der Waals surface area contributed by atoms with Gasteiger partial charge in [0.25, 0.3) is 0 Å². The normalized spacial score (nSPS) is 29.9. The molecule has 14 heavy (non-hydrogen) atoms. The first kappa shape index (κ1) is 11.4. The van der Waals surface area contributed by atoms with E-state index >= 15 is 0 Å². The van der Waals surface area contributed by atoms with Crippen molar-refractivity contribution < 1.29 is 19.4 Å². The molecule has 1 heterocycles. The van der Waals surface area contributed by atoms with Crippen LogP contribution in [0.2, 0.25) is 0 Å². The van der Waals surface area contributed by atoms with Gasteiger partial charge in [-0.3, -0.25) is 4.79 Å². The quantitative estimate of drug-likeness (QED) is 0.684. The van der Waals surface area contributed by atoms with Gasteiger partial charge < -0.3 is 20.3 Å². The standard InChI is InChI=1S/C9H17NO4/c1-5(8(11)12)7(10)6-4-13-9(2,3)14-6/h5-7H,4,10H2,1-3H3,(H,11,12)/t5-,6+,7+/m0/s1. The van der Waals surface area contributed by atoms with Crippen molar-refractivity contribution in [3.63, 3.8) is 0 Å². The Kier molecular flexibility index (Phi) is 3.14. The second kappa shape index (κ2) is 3.84. The van der Waals surface area contributed by atoms with Crippen molar-refractivity contribution in [2.45, 2.75) is 38.7 Å². The molecule has 0 aromatic rings. The monoisotopic (exact) mass is 203 g/mol. The maximum atomic E-state index is 10.7. The van der Waals surface area contributed by atoms with Crippen LogP contribution in [0.1, 0.15) is 20.8 Å². The van der Waals surface area contributed by atoms with Gasteiger partial charge in [-0.25, -0.2) is 0 Å².